The van der Waals surface area contributed by atoms with Crippen LogP contribution in [0.1, 0.15) is 31.0 Å². The summed E-state index contributed by atoms with van der Waals surface area (Å²) in [5.74, 6) is 0.445. The Balaban J connectivity index is 3.15. The molecule has 0 amide bonds. The van der Waals surface area contributed by atoms with E-state index in [9.17, 15) is 0 Å². The van der Waals surface area contributed by atoms with Gasteiger partial charge in [0.05, 0.1) is 11.9 Å². The molecule has 0 atom stereocenters. The van der Waals surface area contributed by atoms with Crippen LogP contribution in [0.4, 0.5) is 0 Å². The number of hydrogen-bond acceptors (Lipinski definition) is 2. The molecule has 11 heavy (non-hydrogen) atoms. The van der Waals surface area contributed by atoms with Gasteiger partial charge in [-0.1, -0.05) is 13.8 Å². The van der Waals surface area contributed by atoms with Gasteiger partial charge in [0.1, 0.15) is 0 Å². The summed E-state index contributed by atoms with van der Waals surface area (Å²) < 4.78 is 1.72. The molecule has 3 nitrogen and oxygen atoms in total. The van der Waals surface area contributed by atoms with Gasteiger partial charge in [0.15, 0.2) is 0 Å². The molecule has 0 spiro atoms. The van der Waals surface area contributed by atoms with Crippen molar-refractivity contribution >= 4 is 6.21 Å². The Bertz CT molecular complexity index is 260. The second-order valence-corrected chi connectivity index (χ2v) is 2.91. The molecule has 0 fully saturated rings. The van der Waals surface area contributed by atoms with Crippen LogP contribution >= 0.6 is 0 Å². The Kier molecular flexibility index (Phi) is 2.08. The van der Waals surface area contributed by atoms with Gasteiger partial charge in [-0.2, -0.15) is 5.10 Å². The third-order valence-electron chi connectivity index (χ3n) is 1.77. The molecule has 0 bridgehead atoms. The number of rotatable bonds is 2. The Morgan fingerprint density at radius 1 is 1.64 bits per heavy atom. The fraction of sp³-hybridized carbons (Fsp3) is 0.500. The Hall–Kier alpha value is -1.12. The van der Waals surface area contributed by atoms with Gasteiger partial charge < -0.3 is 5.41 Å². The normalized spacial score (nSPS) is 10.5. The number of aromatic nitrogens is 2. The highest BCUT2D eigenvalue weighted by atomic mass is 15.3. The average Bonchev–Trinajstić information content (AvgIpc) is 2.30. The van der Waals surface area contributed by atoms with E-state index in [0.29, 0.717) is 5.92 Å². The van der Waals surface area contributed by atoms with Crippen molar-refractivity contribution in [2.24, 2.45) is 7.05 Å². The van der Waals surface area contributed by atoms with Crippen molar-refractivity contribution in [1.29, 1.82) is 5.41 Å². The highest BCUT2D eigenvalue weighted by molar-refractivity contribution is 5.76. The van der Waals surface area contributed by atoms with Crippen LogP contribution in [0.5, 0.6) is 0 Å². The first-order valence-electron chi connectivity index (χ1n) is 3.69. The van der Waals surface area contributed by atoms with Gasteiger partial charge in [-0.15, -0.1) is 0 Å². The van der Waals surface area contributed by atoms with E-state index in [-0.39, 0.29) is 0 Å². The maximum Gasteiger partial charge on any atom is 0.0816 e. The summed E-state index contributed by atoms with van der Waals surface area (Å²) >= 11 is 0. The molecule has 0 saturated heterocycles. The summed E-state index contributed by atoms with van der Waals surface area (Å²) in [6.45, 7) is 4.20. The van der Waals surface area contributed by atoms with Crippen molar-refractivity contribution in [2.45, 2.75) is 19.8 Å². The van der Waals surface area contributed by atoms with Gasteiger partial charge in [0, 0.05) is 18.8 Å². The van der Waals surface area contributed by atoms with E-state index in [2.05, 4.69) is 18.9 Å². The van der Waals surface area contributed by atoms with Crippen LogP contribution in [0.25, 0.3) is 0 Å². The first kappa shape index (κ1) is 7.98. The Labute approximate surface area is 66.5 Å². The summed E-state index contributed by atoms with van der Waals surface area (Å²) in [6, 6.07) is 0. The number of nitrogens with one attached hydrogen (secondary N) is 1. The molecule has 1 rings (SSSR count). The quantitative estimate of drug-likeness (QED) is 0.640. The second-order valence-electron chi connectivity index (χ2n) is 2.91. The third kappa shape index (κ3) is 1.31. The summed E-state index contributed by atoms with van der Waals surface area (Å²) in [7, 11) is 1.85. The largest absolute Gasteiger partial charge is 0.307 e. The second kappa shape index (κ2) is 2.86. The maximum atomic E-state index is 7.15. The van der Waals surface area contributed by atoms with E-state index < -0.39 is 0 Å². The van der Waals surface area contributed by atoms with E-state index in [4.69, 9.17) is 5.41 Å². The van der Waals surface area contributed by atoms with Crippen LogP contribution in [0.2, 0.25) is 0 Å². The predicted molar refractivity (Wildman–Crippen MR) is 45.2 cm³/mol. The highest BCUT2D eigenvalue weighted by Gasteiger charge is 2.08. The molecule has 0 aromatic carbocycles. The summed E-state index contributed by atoms with van der Waals surface area (Å²) in [6.07, 6.45) is 3.17. The number of aryl methyl sites for hydroxylation is 1. The Morgan fingerprint density at radius 2 is 2.27 bits per heavy atom. The van der Waals surface area contributed by atoms with Crippen molar-refractivity contribution in [1.82, 2.24) is 9.78 Å². The fourth-order valence-electron chi connectivity index (χ4n) is 1.09. The smallest absolute Gasteiger partial charge is 0.0816 e. The third-order valence-corrected chi connectivity index (χ3v) is 1.77. The molecule has 60 valence electrons. The van der Waals surface area contributed by atoms with Crippen LogP contribution in [-0.4, -0.2) is 16.0 Å². The lowest BCUT2D eigenvalue weighted by Gasteiger charge is -2.02. The highest BCUT2D eigenvalue weighted by Crippen LogP contribution is 2.16. The summed E-state index contributed by atoms with van der Waals surface area (Å²) in [5.41, 5.74) is 2.04. The van der Waals surface area contributed by atoms with Gasteiger partial charge in [0.25, 0.3) is 0 Å². The molecule has 0 aliphatic heterocycles. The lowest BCUT2D eigenvalue weighted by atomic mass is 10.1. The summed E-state index contributed by atoms with van der Waals surface area (Å²) in [5, 5.41) is 11.2. The van der Waals surface area contributed by atoms with E-state index >= 15 is 0 Å². The van der Waals surface area contributed by atoms with Crippen LogP contribution in [0.3, 0.4) is 0 Å². The average molecular weight is 151 g/mol. The van der Waals surface area contributed by atoms with Crippen LogP contribution in [-0.2, 0) is 7.05 Å². The fourth-order valence-corrected chi connectivity index (χ4v) is 1.09. The predicted octanol–water partition coefficient (Wildman–Crippen LogP) is 1.54. The van der Waals surface area contributed by atoms with Gasteiger partial charge in [-0.25, -0.2) is 0 Å². The molecule has 1 aromatic heterocycles. The van der Waals surface area contributed by atoms with Gasteiger partial charge >= 0.3 is 0 Å². The van der Waals surface area contributed by atoms with E-state index in [0.717, 1.165) is 11.3 Å². The van der Waals surface area contributed by atoms with Crippen LogP contribution in [0.15, 0.2) is 6.20 Å². The summed E-state index contributed by atoms with van der Waals surface area (Å²) in [4.78, 5) is 0. The first-order chi connectivity index (χ1) is 5.16. The minimum atomic E-state index is 0.445. The molecule has 1 aromatic rings. The minimum Gasteiger partial charge on any atom is -0.307 e. The number of hydrogen-bond donors (Lipinski definition) is 1. The zero-order valence-corrected chi connectivity index (χ0v) is 7.13. The van der Waals surface area contributed by atoms with Crippen molar-refractivity contribution < 1.29 is 0 Å². The SMILES string of the molecule is CC(C)c1cnn(C)c1C=N. The van der Waals surface area contributed by atoms with Crippen molar-refractivity contribution in [3.8, 4) is 0 Å². The number of nitrogens with zero attached hydrogens (tertiary/aromatic N) is 2. The minimum absolute atomic E-state index is 0.445. The molecule has 0 saturated carbocycles. The zero-order valence-electron chi connectivity index (χ0n) is 7.13. The molecule has 0 unspecified atom stereocenters. The molecular weight excluding hydrogens is 138 g/mol. The van der Waals surface area contributed by atoms with Gasteiger partial charge in [0.2, 0.25) is 0 Å². The topological polar surface area (TPSA) is 41.7 Å². The first-order valence-corrected chi connectivity index (χ1v) is 3.69. The lowest BCUT2D eigenvalue weighted by molar-refractivity contribution is 0.758. The molecule has 1 N–H and O–H groups in total. The molecule has 1 heterocycles. The molecule has 0 aliphatic rings. The standard InChI is InChI=1S/C8H13N3/c1-6(2)7-5-10-11(3)8(7)4-9/h4-6,9H,1-3H3. The zero-order chi connectivity index (χ0) is 8.43. The molecule has 3 heteroatoms. The molecule has 0 radical (unpaired) electrons. The van der Waals surface area contributed by atoms with Gasteiger partial charge in [-0.05, 0) is 5.92 Å². The van der Waals surface area contributed by atoms with Crippen molar-refractivity contribution in [2.75, 3.05) is 0 Å². The molecular formula is C8H13N3. The van der Waals surface area contributed by atoms with Crippen LogP contribution in [0, 0.1) is 5.41 Å². The van der Waals surface area contributed by atoms with Crippen molar-refractivity contribution in [3.63, 3.8) is 0 Å². The lowest BCUT2D eigenvalue weighted by Crippen LogP contribution is -1.99. The van der Waals surface area contributed by atoms with Crippen LogP contribution < -0.4 is 0 Å². The van der Waals surface area contributed by atoms with E-state index in [1.807, 2.05) is 13.2 Å². The van der Waals surface area contributed by atoms with Crippen molar-refractivity contribution in [3.05, 3.63) is 17.5 Å². The monoisotopic (exact) mass is 151 g/mol. The van der Waals surface area contributed by atoms with E-state index in [1.54, 1.807) is 4.68 Å². The van der Waals surface area contributed by atoms with E-state index in [1.165, 1.54) is 6.21 Å². The Morgan fingerprint density at radius 3 is 2.64 bits per heavy atom. The molecule has 0 aliphatic carbocycles. The maximum absolute atomic E-state index is 7.15. The van der Waals surface area contributed by atoms with Gasteiger partial charge in [-0.3, -0.25) is 4.68 Å².